The Morgan fingerprint density at radius 2 is 2.15 bits per heavy atom. The smallest absolute Gasteiger partial charge is 0.231 e. The van der Waals surface area contributed by atoms with Crippen molar-refractivity contribution in [3.8, 4) is 22.1 Å². The van der Waals surface area contributed by atoms with Crippen LogP contribution in [0.25, 0.3) is 10.6 Å². The quantitative estimate of drug-likeness (QED) is 0.777. The zero-order valence-corrected chi connectivity index (χ0v) is 17.3. The number of carbonyl (C=O) groups is 1. The monoisotopic (exact) mass is 431 g/mol. The van der Waals surface area contributed by atoms with Crippen LogP contribution in [-0.4, -0.2) is 36.3 Å². The molecule has 1 amide bonds. The molecular formula is C18H23Cl2N3O3S. The van der Waals surface area contributed by atoms with Gasteiger partial charge in [-0.05, 0) is 44.5 Å². The van der Waals surface area contributed by atoms with Crippen LogP contribution in [-0.2, 0) is 11.2 Å². The van der Waals surface area contributed by atoms with Crippen molar-refractivity contribution < 1.29 is 14.3 Å². The summed E-state index contributed by atoms with van der Waals surface area (Å²) in [4.78, 5) is 16.9. The zero-order chi connectivity index (χ0) is 17.2. The minimum absolute atomic E-state index is 0. The number of nitrogens with one attached hydrogen (secondary N) is 2. The van der Waals surface area contributed by atoms with Gasteiger partial charge in [-0.15, -0.1) is 36.2 Å². The van der Waals surface area contributed by atoms with Gasteiger partial charge in [-0.25, -0.2) is 4.98 Å². The fraction of sp³-hybridized carbons (Fsp3) is 0.444. The molecule has 1 saturated heterocycles. The number of aromatic nitrogens is 1. The van der Waals surface area contributed by atoms with Crippen molar-refractivity contribution in [1.29, 1.82) is 0 Å². The molecule has 4 rings (SSSR count). The Morgan fingerprint density at radius 1 is 1.33 bits per heavy atom. The zero-order valence-electron chi connectivity index (χ0n) is 14.9. The van der Waals surface area contributed by atoms with E-state index in [1.54, 1.807) is 0 Å². The van der Waals surface area contributed by atoms with Crippen molar-refractivity contribution in [3.63, 3.8) is 0 Å². The summed E-state index contributed by atoms with van der Waals surface area (Å²) in [6.07, 6.45) is 2.43. The molecular weight excluding hydrogens is 409 g/mol. The van der Waals surface area contributed by atoms with Gasteiger partial charge < -0.3 is 20.1 Å². The largest absolute Gasteiger partial charge is 0.454 e. The van der Waals surface area contributed by atoms with E-state index in [1.165, 1.54) is 11.3 Å². The van der Waals surface area contributed by atoms with Gasteiger partial charge in [-0.2, -0.15) is 0 Å². The number of thiazole rings is 1. The van der Waals surface area contributed by atoms with Crippen LogP contribution in [0.15, 0.2) is 23.6 Å². The molecule has 0 aliphatic carbocycles. The van der Waals surface area contributed by atoms with E-state index >= 15 is 0 Å². The fourth-order valence-electron chi connectivity index (χ4n) is 3.21. The third kappa shape index (κ3) is 5.04. The topological polar surface area (TPSA) is 72.5 Å². The lowest BCUT2D eigenvalue weighted by atomic mass is 10.00. The first-order valence-electron chi connectivity index (χ1n) is 8.56. The lowest BCUT2D eigenvalue weighted by Gasteiger charge is -2.30. The molecule has 0 bridgehead atoms. The average molecular weight is 432 g/mol. The van der Waals surface area contributed by atoms with Gasteiger partial charge in [0, 0.05) is 23.0 Å². The lowest BCUT2D eigenvalue weighted by molar-refractivity contribution is -0.121. The highest BCUT2D eigenvalue weighted by molar-refractivity contribution is 7.13. The van der Waals surface area contributed by atoms with Gasteiger partial charge in [-0.3, -0.25) is 4.79 Å². The molecule has 2 aliphatic rings. The first-order valence-corrected chi connectivity index (χ1v) is 9.44. The van der Waals surface area contributed by atoms with Gasteiger partial charge in [-0.1, -0.05) is 0 Å². The first-order chi connectivity index (χ1) is 12.2. The van der Waals surface area contributed by atoms with Crippen molar-refractivity contribution in [3.05, 3.63) is 29.3 Å². The van der Waals surface area contributed by atoms with Crippen molar-refractivity contribution in [1.82, 2.24) is 15.6 Å². The highest BCUT2D eigenvalue weighted by Crippen LogP contribution is 2.36. The number of fused-ring (bicyclic) bond motifs is 1. The molecule has 2 unspecified atom stereocenters. The highest BCUT2D eigenvalue weighted by atomic mass is 35.5. The summed E-state index contributed by atoms with van der Waals surface area (Å²) in [6, 6.07) is 6.31. The summed E-state index contributed by atoms with van der Waals surface area (Å²) in [6.45, 7) is 3.40. The van der Waals surface area contributed by atoms with Crippen LogP contribution >= 0.6 is 36.2 Å². The molecule has 0 spiro atoms. The van der Waals surface area contributed by atoms with E-state index in [1.807, 2.05) is 23.6 Å². The maximum absolute atomic E-state index is 12.3. The van der Waals surface area contributed by atoms with E-state index in [4.69, 9.17) is 9.47 Å². The third-order valence-corrected chi connectivity index (χ3v) is 5.56. The number of amides is 1. The second-order valence-corrected chi connectivity index (χ2v) is 7.31. The van der Waals surface area contributed by atoms with Crippen LogP contribution < -0.4 is 20.1 Å². The fourth-order valence-corrected chi connectivity index (χ4v) is 4.03. The van der Waals surface area contributed by atoms with Gasteiger partial charge >= 0.3 is 0 Å². The number of piperidine rings is 1. The van der Waals surface area contributed by atoms with Crippen LogP contribution in [0.2, 0.25) is 0 Å². The maximum Gasteiger partial charge on any atom is 0.231 e. The van der Waals surface area contributed by atoms with E-state index in [-0.39, 0.29) is 43.6 Å². The van der Waals surface area contributed by atoms with Crippen molar-refractivity contribution in [2.45, 2.75) is 38.3 Å². The van der Waals surface area contributed by atoms with E-state index < -0.39 is 0 Å². The Balaban J connectivity index is 0.00000131. The van der Waals surface area contributed by atoms with Crippen LogP contribution in [0, 0.1) is 0 Å². The third-order valence-electron chi connectivity index (χ3n) is 4.62. The van der Waals surface area contributed by atoms with Crippen molar-refractivity contribution >= 4 is 42.1 Å². The summed E-state index contributed by atoms with van der Waals surface area (Å²) >= 11 is 1.54. The average Bonchev–Trinajstić information content (AvgIpc) is 3.25. The lowest BCUT2D eigenvalue weighted by Crippen LogP contribution is -2.52. The molecule has 3 heterocycles. The first kappa shape index (κ1) is 21.8. The molecule has 1 aromatic heterocycles. The standard InChI is InChI=1S/C18H21N3O3S.2ClH/c1-11-14(3-2-6-19-11)21-17(22)8-13-9-25-18(20-13)12-4-5-15-16(7-12)24-10-23-15;;/h4-5,7,9,11,14,19H,2-3,6,8,10H2,1H3,(H,21,22);2*1H. The number of benzene rings is 1. The summed E-state index contributed by atoms with van der Waals surface area (Å²) in [7, 11) is 0. The Bertz CT molecular complexity index is 787. The molecule has 1 fully saturated rings. The van der Waals surface area contributed by atoms with E-state index in [2.05, 4.69) is 22.5 Å². The summed E-state index contributed by atoms with van der Waals surface area (Å²) in [5.41, 5.74) is 1.78. The van der Waals surface area contributed by atoms with E-state index in [9.17, 15) is 4.79 Å². The van der Waals surface area contributed by atoms with Gasteiger partial charge in [0.15, 0.2) is 11.5 Å². The second-order valence-electron chi connectivity index (χ2n) is 6.45. The number of carbonyl (C=O) groups excluding carboxylic acids is 1. The van der Waals surface area contributed by atoms with Crippen LogP contribution in [0.3, 0.4) is 0 Å². The van der Waals surface area contributed by atoms with Crippen LogP contribution in [0.4, 0.5) is 0 Å². The molecule has 0 saturated carbocycles. The molecule has 6 nitrogen and oxygen atoms in total. The summed E-state index contributed by atoms with van der Waals surface area (Å²) < 4.78 is 10.7. The SMILES string of the molecule is CC1NCCCC1NC(=O)Cc1csc(-c2ccc3c(c2)OCO3)n1.Cl.Cl. The van der Waals surface area contributed by atoms with Crippen molar-refractivity contribution in [2.24, 2.45) is 0 Å². The van der Waals surface area contributed by atoms with Crippen LogP contribution in [0.5, 0.6) is 11.5 Å². The molecule has 2 N–H and O–H groups in total. The second kappa shape index (κ2) is 9.59. The number of rotatable bonds is 4. The predicted octanol–water partition coefficient (Wildman–Crippen LogP) is 3.18. The maximum atomic E-state index is 12.3. The Morgan fingerprint density at radius 3 is 2.96 bits per heavy atom. The van der Waals surface area contributed by atoms with Crippen molar-refractivity contribution in [2.75, 3.05) is 13.3 Å². The Hall–Kier alpha value is -1.54. The summed E-state index contributed by atoms with van der Waals surface area (Å²) in [5, 5.41) is 9.35. The molecule has 148 valence electrons. The van der Waals surface area contributed by atoms with E-state index in [0.29, 0.717) is 12.5 Å². The number of halogens is 2. The molecule has 2 atom stereocenters. The minimum atomic E-state index is 0. The molecule has 1 aromatic carbocycles. The summed E-state index contributed by atoms with van der Waals surface area (Å²) in [5.74, 6) is 1.53. The van der Waals surface area contributed by atoms with E-state index in [0.717, 1.165) is 47.2 Å². The molecule has 27 heavy (non-hydrogen) atoms. The Kier molecular flexibility index (Phi) is 7.73. The van der Waals surface area contributed by atoms with Crippen LogP contribution in [0.1, 0.15) is 25.5 Å². The molecule has 2 aliphatic heterocycles. The predicted molar refractivity (Wildman–Crippen MR) is 111 cm³/mol. The van der Waals surface area contributed by atoms with Gasteiger partial charge in [0.25, 0.3) is 0 Å². The van der Waals surface area contributed by atoms with Gasteiger partial charge in [0.2, 0.25) is 12.7 Å². The number of nitrogens with zero attached hydrogens (tertiary/aromatic N) is 1. The Labute approximate surface area is 174 Å². The molecule has 2 aromatic rings. The van der Waals surface area contributed by atoms with Gasteiger partial charge in [0.05, 0.1) is 12.1 Å². The minimum Gasteiger partial charge on any atom is -0.454 e. The number of ether oxygens (including phenoxy) is 2. The molecule has 9 heteroatoms. The number of hydrogen-bond acceptors (Lipinski definition) is 6. The highest BCUT2D eigenvalue weighted by Gasteiger charge is 2.23. The van der Waals surface area contributed by atoms with Gasteiger partial charge in [0.1, 0.15) is 5.01 Å². The number of hydrogen-bond donors (Lipinski definition) is 2. The normalized spacial score (nSPS) is 20.3. The molecule has 0 radical (unpaired) electrons.